The minimum atomic E-state index is -0.762. The van der Waals surface area contributed by atoms with E-state index in [0.29, 0.717) is 54.6 Å². The lowest BCUT2D eigenvalue weighted by atomic mass is 9.86. The highest BCUT2D eigenvalue weighted by atomic mass is 16.5. The Kier molecular flexibility index (Phi) is 6.66. The fourth-order valence-electron chi connectivity index (χ4n) is 4.88. The topological polar surface area (TPSA) is 106 Å². The lowest BCUT2D eigenvalue weighted by molar-refractivity contribution is -0.142. The first kappa shape index (κ1) is 23.5. The molecule has 0 unspecified atom stereocenters. The molecule has 2 aromatic carbocycles. The number of carboxylic acid groups (broad SMARTS) is 1. The van der Waals surface area contributed by atoms with Crippen molar-refractivity contribution in [2.24, 2.45) is 5.92 Å². The Balaban J connectivity index is 1.39. The summed E-state index contributed by atoms with van der Waals surface area (Å²) in [7, 11) is 1.54. The number of hydrogen-bond acceptors (Lipinski definition) is 5. The average Bonchev–Trinajstić information content (AvgIpc) is 3.33. The molecule has 0 saturated heterocycles. The van der Waals surface area contributed by atoms with Crippen LogP contribution >= 0.6 is 0 Å². The first-order valence-corrected chi connectivity index (χ1v) is 12.1. The quantitative estimate of drug-likeness (QED) is 0.399. The average molecular weight is 485 g/mol. The summed E-state index contributed by atoms with van der Waals surface area (Å²) < 4.78 is 7.22. The van der Waals surface area contributed by atoms with Gasteiger partial charge in [-0.1, -0.05) is 54.6 Å². The van der Waals surface area contributed by atoms with Crippen LogP contribution in [0.15, 0.2) is 67.0 Å². The van der Waals surface area contributed by atoms with E-state index in [1.165, 1.54) is 6.20 Å². The molecule has 0 atom stereocenters. The molecule has 1 saturated carbocycles. The van der Waals surface area contributed by atoms with Gasteiger partial charge in [0.2, 0.25) is 5.88 Å². The largest absolute Gasteiger partial charge is 0.481 e. The van der Waals surface area contributed by atoms with Crippen LogP contribution in [0.2, 0.25) is 0 Å². The first-order valence-electron chi connectivity index (χ1n) is 12.1. The standard InChI is InChI=1S/C28H28N4O4/c1-36-27-24-16-30-32(17-18-7-9-20(10-8-18)19-5-3-2-4-6-19)25(24)23(15-29-27)26(33)31-22-13-11-21(12-14-22)28(34)35/h2-10,15-16,21-22H,11-14,17H2,1H3,(H,31,33)(H,34,35). The fourth-order valence-corrected chi connectivity index (χ4v) is 4.88. The summed E-state index contributed by atoms with van der Waals surface area (Å²) in [6.45, 7) is 0.482. The summed E-state index contributed by atoms with van der Waals surface area (Å²) in [5.41, 5.74) is 4.41. The second-order valence-electron chi connectivity index (χ2n) is 9.17. The molecule has 8 nitrogen and oxygen atoms in total. The van der Waals surface area contributed by atoms with Crippen LogP contribution < -0.4 is 10.1 Å². The molecule has 184 valence electrons. The van der Waals surface area contributed by atoms with Crippen molar-refractivity contribution in [2.75, 3.05) is 7.11 Å². The summed E-state index contributed by atoms with van der Waals surface area (Å²) in [5, 5.41) is 17.5. The van der Waals surface area contributed by atoms with Crippen molar-refractivity contribution < 1.29 is 19.4 Å². The number of aromatic nitrogens is 3. The Bertz CT molecular complexity index is 1370. The smallest absolute Gasteiger partial charge is 0.306 e. The van der Waals surface area contributed by atoms with Crippen molar-refractivity contribution in [3.8, 4) is 17.0 Å². The van der Waals surface area contributed by atoms with Gasteiger partial charge in [-0.25, -0.2) is 4.98 Å². The molecule has 1 aliphatic rings. The third-order valence-corrected chi connectivity index (χ3v) is 6.88. The van der Waals surface area contributed by atoms with Gasteiger partial charge >= 0.3 is 5.97 Å². The number of nitrogens with zero attached hydrogens (tertiary/aromatic N) is 3. The zero-order valence-corrected chi connectivity index (χ0v) is 20.1. The number of aliphatic carboxylic acids is 1. The highest BCUT2D eigenvalue weighted by molar-refractivity contribution is 6.06. The van der Waals surface area contributed by atoms with Gasteiger partial charge in [0.15, 0.2) is 0 Å². The van der Waals surface area contributed by atoms with Crippen molar-refractivity contribution in [1.82, 2.24) is 20.1 Å². The molecular formula is C28H28N4O4. The van der Waals surface area contributed by atoms with E-state index in [4.69, 9.17) is 4.74 Å². The Labute approximate surface area is 208 Å². The van der Waals surface area contributed by atoms with E-state index >= 15 is 0 Å². The number of carbonyl (C=O) groups is 2. The number of benzene rings is 2. The maximum atomic E-state index is 13.3. The van der Waals surface area contributed by atoms with Gasteiger partial charge in [0, 0.05) is 12.2 Å². The number of nitrogens with one attached hydrogen (secondary N) is 1. The van der Waals surface area contributed by atoms with Crippen molar-refractivity contribution in [3.05, 3.63) is 78.1 Å². The highest BCUT2D eigenvalue weighted by Crippen LogP contribution is 2.29. The molecule has 5 rings (SSSR count). The van der Waals surface area contributed by atoms with Gasteiger partial charge in [-0.2, -0.15) is 5.10 Å². The van der Waals surface area contributed by atoms with Crippen LogP contribution in [0.25, 0.3) is 22.0 Å². The molecule has 1 fully saturated rings. The number of ether oxygens (including phenoxy) is 1. The summed E-state index contributed by atoms with van der Waals surface area (Å²) in [4.78, 5) is 28.9. The van der Waals surface area contributed by atoms with Gasteiger partial charge in [-0.15, -0.1) is 0 Å². The summed E-state index contributed by atoms with van der Waals surface area (Å²) in [6, 6.07) is 18.4. The molecule has 1 amide bonds. The zero-order valence-electron chi connectivity index (χ0n) is 20.1. The van der Waals surface area contributed by atoms with Gasteiger partial charge in [-0.05, 0) is 42.4 Å². The van der Waals surface area contributed by atoms with E-state index in [1.807, 2.05) is 18.2 Å². The van der Waals surface area contributed by atoms with Crippen LogP contribution in [0.3, 0.4) is 0 Å². The Morgan fingerprint density at radius 2 is 1.69 bits per heavy atom. The minimum Gasteiger partial charge on any atom is -0.481 e. The van der Waals surface area contributed by atoms with Crippen LogP contribution in [0.5, 0.6) is 5.88 Å². The number of rotatable bonds is 7. The molecule has 4 aromatic rings. The number of amides is 1. The Hall–Kier alpha value is -4.20. The third kappa shape index (κ3) is 4.79. The molecule has 2 heterocycles. The van der Waals surface area contributed by atoms with Crippen molar-refractivity contribution in [3.63, 3.8) is 0 Å². The molecule has 2 aromatic heterocycles. The minimum absolute atomic E-state index is 0.0628. The summed E-state index contributed by atoms with van der Waals surface area (Å²) in [6.07, 6.45) is 5.61. The molecule has 0 aliphatic heterocycles. The number of carboxylic acids is 1. The number of fused-ring (bicyclic) bond motifs is 1. The third-order valence-electron chi connectivity index (χ3n) is 6.88. The second-order valence-corrected chi connectivity index (χ2v) is 9.17. The number of hydrogen-bond donors (Lipinski definition) is 2. The van der Waals surface area contributed by atoms with E-state index in [0.717, 1.165) is 16.7 Å². The molecule has 1 aliphatic carbocycles. The molecule has 8 heteroatoms. The van der Waals surface area contributed by atoms with Crippen molar-refractivity contribution >= 4 is 22.8 Å². The van der Waals surface area contributed by atoms with Gasteiger partial charge < -0.3 is 15.2 Å². The van der Waals surface area contributed by atoms with Crippen LogP contribution in [0.1, 0.15) is 41.6 Å². The molecule has 36 heavy (non-hydrogen) atoms. The molecule has 0 radical (unpaired) electrons. The van der Waals surface area contributed by atoms with E-state index < -0.39 is 5.97 Å². The second kappa shape index (κ2) is 10.2. The van der Waals surface area contributed by atoms with E-state index in [1.54, 1.807) is 18.0 Å². The zero-order chi connectivity index (χ0) is 25.1. The molecular weight excluding hydrogens is 456 g/mol. The van der Waals surface area contributed by atoms with E-state index in [9.17, 15) is 14.7 Å². The van der Waals surface area contributed by atoms with Crippen LogP contribution in [0, 0.1) is 5.92 Å². The van der Waals surface area contributed by atoms with Gasteiger partial charge in [0.1, 0.15) is 0 Å². The van der Waals surface area contributed by atoms with Crippen molar-refractivity contribution in [1.29, 1.82) is 0 Å². The van der Waals surface area contributed by atoms with E-state index in [2.05, 4.69) is 51.8 Å². The Morgan fingerprint density at radius 3 is 2.36 bits per heavy atom. The highest BCUT2D eigenvalue weighted by Gasteiger charge is 2.28. The molecule has 0 bridgehead atoms. The van der Waals surface area contributed by atoms with Gasteiger partial charge in [0.25, 0.3) is 5.91 Å². The van der Waals surface area contributed by atoms with Crippen LogP contribution in [0.4, 0.5) is 0 Å². The lowest BCUT2D eigenvalue weighted by Gasteiger charge is -2.27. The molecule has 0 spiro atoms. The van der Waals surface area contributed by atoms with Crippen LogP contribution in [-0.2, 0) is 11.3 Å². The SMILES string of the molecule is COc1ncc(C(=O)NC2CCC(C(=O)O)CC2)c2c1cnn2Cc1ccc(-c2ccccc2)cc1. The predicted molar refractivity (Wildman–Crippen MR) is 136 cm³/mol. The molecule has 2 N–H and O–H groups in total. The lowest BCUT2D eigenvalue weighted by Crippen LogP contribution is -2.39. The summed E-state index contributed by atoms with van der Waals surface area (Å²) in [5.74, 6) is -0.923. The Morgan fingerprint density at radius 1 is 1.00 bits per heavy atom. The first-order chi connectivity index (χ1) is 17.5. The maximum absolute atomic E-state index is 13.3. The van der Waals surface area contributed by atoms with E-state index in [-0.39, 0.29) is 17.9 Å². The number of methoxy groups -OCH3 is 1. The maximum Gasteiger partial charge on any atom is 0.306 e. The predicted octanol–water partition coefficient (Wildman–Crippen LogP) is 4.53. The number of carbonyl (C=O) groups excluding carboxylic acids is 1. The van der Waals surface area contributed by atoms with Crippen molar-refractivity contribution in [2.45, 2.75) is 38.3 Å². The van der Waals surface area contributed by atoms with Gasteiger partial charge in [0.05, 0.1) is 42.2 Å². The monoisotopic (exact) mass is 484 g/mol. The van der Waals surface area contributed by atoms with Gasteiger partial charge in [-0.3, -0.25) is 14.3 Å². The van der Waals surface area contributed by atoms with Crippen LogP contribution in [-0.4, -0.2) is 44.9 Å². The normalized spacial score (nSPS) is 17.6. The number of pyridine rings is 1. The summed E-state index contributed by atoms with van der Waals surface area (Å²) >= 11 is 0. The fraction of sp³-hybridized carbons (Fsp3) is 0.286.